The molecule has 0 bridgehead atoms. The maximum atomic E-state index is 5.46. The van der Waals surface area contributed by atoms with Gasteiger partial charge in [-0.3, -0.25) is 4.57 Å². The number of benzene rings is 8. The van der Waals surface area contributed by atoms with Crippen molar-refractivity contribution in [3.63, 3.8) is 0 Å². The number of nitrogens with zero attached hydrogens (tertiary/aromatic N) is 4. The van der Waals surface area contributed by atoms with Crippen LogP contribution >= 0.6 is 0 Å². The van der Waals surface area contributed by atoms with E-state index in [-0.39, 0.29) is 0 Å². The molecule has 0 unspecified atom stereocenters. The Morgan fingerprint density at radius 2 is 1.02 bits per heavy atom. The van der Waals surface area contributed by atoms with Crippen LogP contribution in [-0.2, 0) is 0 Å². The Bertz CT molecular complexity index is 3370. The molecular formula is C46H26N4. The third-order valence-corrected chi connectivity index (χ3v) is 10.8. The Morgan fingerprint density at radius 1 is 0.380 bits per heavy atom. The summed E-state index contributed by atoms with van der Waals surface area (Å²) in [5.74, 6) is 0.672. The van der Waals surface area contributed by atoms with Gasteiger partial charge in [0.05, 0.1) is 38.8 Å². The van der Waals surface area contributed by atoms with Gasteiger partial charge in [-0.15, -0.1) is 0 Å². The smallest absolute Gasteiger partial charge is 0.235 e. The molecule has 4 nitrogen and oxygen atoms in total. The number of rotatable bonds is 2. The Kier molecular flexibility index (Phi) is 4.94. The molecule has 8 aromatic carbocycles. The molecule has 0 fully saturated rings. The highest BCUT2D eigenvalue weighted by Gasteiger charge is 2.26. The minimum absolute atomic E-state index is 0.672. The SMILES string of the molecule is c1ccc(-c2nc(-n3c4ccccc4c4c5c6ccc7ccccc7c6n6c7ccccc7c(cc43)c56)nc3c2ccc2ccccc23)cc1. The van der Waals surface area contributed by atoms with Crippen LogP contribution < -0.4 is 0 Å². The summed E-state index contributed by atoms with van der Waals surface area (Å²) in [5, 5.41) is 13.3. The third kappa shape index (κ3) is 3.25. The summed E-state index contributed by atoms with van der Waals surface area (Å²) in [6.45, 7) is 0. The fourth-order valence-electron chi connectivity index (χ4n) is 8.75. The predicted octanol–water partition coefficient (Wildman–Crippen LogP) is 11.9. The fourth-order valence-corrected chi connectivity index (χ4v) is 8.75. The summed E-state index contributed by atoms with van der Waals surface area (Å²) in [4.78, 5) is 10.9. The molecule has 4 heteroatoms. The Morgan fingerprint density at radius 3 is 1.84 bits per heavy atom. The van der Waals surface area contributed by atoms with Gasteiger partial charge in [-0.1, -0.05) is 133 Å². The van der Waals surface area contributed by atoms with Crippen LogP contribution in [0, 0.1) is 0 Å². The van der Waals surface area contributed by atoms with Gasteiger partial charge in [0, 0.05) is 54.0 Å². The van der Waals surface area contributed by atoms with E-state index in [1.165, 1.54) is 59.6 Å². The molecule has 0 atom stereocenters. The molecule has 0 amide bonds. The number of aromatic nitrogens is 4. The topological polar surface area (TPSA) is 35.1 Å². The highest BCUT2D eigenvalue weighted by Crippen LogP contribution is 2.48. The van der Waals surface area contributed by atoms with Crippen molar-refractivity contribution in [2.45, 2.75) is 0 Å². The molecule has 12 aromatic rings. The lowest BCUT2D eigenvalue weighted by Crippen LogP contribution is -2.03. The first-order valence-electron chi connectivity index (χ1n) is 17.1. The molecule has 0 radical (unpaired) electrons. The molecule has 0 N–H and O–H groups in total. The van der Waals surface area contributed by atoms with E-state index in [1.807, 2.05) is 0 Å². The molecule has 0 spiro atoms. The second-order valence-electron chi connectivity index (χ2n) is 13.4. The maximum absolute atomic E-state index is 5.46. The Balaban J connectivity index is 1.33. The molecular weight excluding hydrogens is 609 g/mol. The molecule has 0 saturated heterocycles. The summed E-state index contributed by atoms with van der Waals surface area (Å²) in [6.07, 6.45) is 0. The largest absolute Gasteiger partial charge is 0.307 e. The van der Waals surface area contributed by atoms with Crippen LogP contribution in [0.4, 0.5) is 0 Å². The fraction of sp³-hybridized carbons (Fsp3) is 0. The maximum Gasteiger partial charge on any atom is 0.235 e. The van der Waals surface area contributed by atoms with Gasteiger partial charge in [0.2, 0.25) is 5.95 Å². The van der Waals surface area contributed by atoms with Crippen LogP contribution in [0.1, 0.15) is 0 Å². The molecule has 0 saturated carbocycles. The number of hydrogen-bond acceptors (Lipinski definition) is 2. The summed E-state index contributed by atoms with van der Waals surface area (Å²) < 4.78 is 4.81. The van der Waals surface area contributed by atoms with Crippen LogP contribution in [0.3, 0.4) is 0 Å². The average molecular weight is 635 g/mol. The monoisotopic (exact) mass is 634 g/mol. The van der Waals surface area contributed by atoms with Crippen molar-refractivity contribution in [3.8, 4) is 17.2 Å². The summed E-state index contributed by atoms with van der Waals surface area (Å²) in [7, 11) is 0. The zero-order valence-corrected chi connectivity index (χ0v) is 26.8. The minimum Gasteiger partial charge on any atom is -0.307 e. The van der Waals surface area contributed by atoms with Gasteiger partial charge in [0.25, 0.3) is 0 Å². The van der Waals surface area contributed by atoms with E-state index in [4.69, 9.17) is 9.97 Å². The van der Waals surface area contributed by atoms with Crippen LogP contribution in [0.25, 0.3) is 110 Å². The molecule has 0 aliphatic carbocycles. The van der Waals surface area contributed by atoms with Gasteiger partial charge in [-0.25, -0.2) is 9.97 Å². The highest BCUT2D eigenvalue weighted by molar-refractivity contribution is 6.37. The van der Waals surface area contributed by atoms with Gasteiger partial charge in [-0.2, -0.15) is 0 Å². The molecule has 4 aromatic heterocycles. The van der Waals surface area contributed by atoms with Crippen LogP contribution in [0.15, 0.2) is 158 Å². The van der Waals surface area contributed by atoms with Gasteiger partial charge < -0.3 is 4.40 Å². The molecule has 50 heavy (non-hydrogen) atoms. The lowest BCUT2D eigenvalue weighted by Gasteiger charge is -2.13. The van der Waals surface area contributed by atoms with Crippen LogP contribution in [0.2, 0.25) is 0 Å². The number of fused-ring (bicyclic) bond motifs is 15. The van der Waals surface area contributed by atoms with Gasteiger partial charge in [-0.05, 0) is 35.0 Å². The Hall–Kier alpha value is -6.78. The molecule has 12 rings (SSSR count). The van der Waals surface area contributed by atoms with Crippen molar-refractivity contribution in [2.75, 3.05) is 0 Å². The first-order chi connectivity index (χ1) is 24.8. The van der Waals surface area contributed by atoms with E-state index in [0.29, 0.717) is 5.95 Å². The van der Waals surface area contributed by atoms with Crippen molar-refractivity contribution in [2.24, 2.45) is 0 Å². The van der Waals surface area contributed by atoms with Gasteiger partial charge in [0.1, 0.15) is 0 Å². The van der Waals surface area contributed by atoms with E-state index in [9.17, 15) is 0 Å². The van der Waals surface area contributed by atoms with E-state index in [1.54, 1.807) is 0 Å². The first-order valence-corrected chi connectivity index (χ1v) is 17.1. The van der Waals surface area contributed by atoms with Crippen molar-refractivity contribution in [1.29, 1.82) is 0 Å². The first kappa shape index (κ1) is 26.2. The van der Waals surface area contributed by atoms with Crippen molar-refractivity contribution in [3.05, 3.63) is 158 Å². The third-order valence-electron chi connectivity index (χ3n) is 10.8. The summed E-state index contributed by atoms with van der Waals surface area (Å²) >= 11 is 0. The zero-order valence-electron chi connectivity index (χ0n) is 26.8. The lowest BCUT2D eigenvalue weighted by atomic mass is 10.00. The molecule has 0 aliphatic heterocycles. The highest BCUT2D eigenvalue weighted by atomic mass is 15.2. The quantitative estimate of drug-likeness (QED) is 0.177. The number of para-hydroxylation sites is 2. The van der Waals surface area contributed by atoms with Gasteiger partial charge >= 0.3 is 0 Å². The molecule has 230 valence electrons. The standard InChI is InChI=1S/C46H26N4/c1-2-14-29(15-3-1)42-35-25-23-27-12-4-6-16-30(27)43(35)48-46(47-42)49-38-21-11-9-19-33(38)40-39(49)26-36-32-18-8-10-20-37(32)50-44-31-17-7-5-13-28(31)22-24-34(44)41(40)45(36)50/h1-26H. The van der Waals surface area contributed by atoms with E-state index in [0.717, 1.165) is 44.0 Å². The average Bonchev–Trinajstić information content (AvgIpc) is 3.82. The normalized spacial score (nSPS) is 12.4. The van der Waals surface area contributed by atoms with Crippen molar-refractivity contribution >= 4 is 92.3 Å². The second kappa shape index (κ2) is 9.43. The van der Waals surface area contributed by atoms with Crippen LogP contribution in [0.5, 0.6) is 0 Å². The molecule has 4 heterocycles. The summed E-state index contributed by atoms with van der Waals surface area (Å²) in [5.41, 5.74) is 8.91. The van der Waals surface area contributed by atoms with E-state index >= 15 is 0 Å². The number of hydrogen-bond donors (Lipinski definition) is 0. The second-order valence-corrected chi connectivity index (χ2v) is 13.4. The predicted molar refractivity (Wildman–Crippen MR) is 209 cm³/mol. The minimum atomic E-state index is 0.672. The van der Waals surface area contributed by atoms with Crippen molar-refractivity contribution in [1.82, 2.24) is 18.9 Å². The van der Waals surface area contributed by atoms with E-state index < -0.39 is 0 Å². The van der Waals surface area contributed by atoms with Crippen LogP contribution in [-0.4, -0.2) is 18.9 Å². The van der Waals surface area contributed by atoms with Crippen molar-refractivity contribution < 1.29 is 0 Å². The van der Waals surface area contributed by atoms with Gasteiger partial charge in [0.15, 0.2) is 0 Å². The van der Waals surface area contributed by atoms with E-state index in [2.05, 4.69) is 167 Å². The zero-order chi connectivity index (χ0) is 32.5. The molecule has 0 aliphatic rings. The summed E-state index contributed by atoms with van der Waals surface area (Å²) in [6, 6.07) is 56.7. The lowest BCUT2D eigenvalue weighted by molar-refractivity contribution is 1.02. The Labute approximate surface area is 285 Å².